The van der Waals surface area contributed by atoms with E-state index < -0.39 is 0 Å². The summed E-state index contributed by atoms with van der Waals surface area (Å²) < 4.78 is 0. The van der Waals surface area contributed by atoms with E-state index in [2.05, 4.69) is 18.7 Å². The van der Waals surface area contributed by atoms with E-state index in [0.717, 1.165) is 0 Å². The molecule has 0 radical (unpaired) electrons. The zero-order valence-electron chi connectivity index (χ0n) is 9.19. The molecule has 0 unspecified atom stereocenters. The van der Waals surface area contributed by atoms with Gasteiger partial charge in [0.05, 0.1) is 6.00 Å². The van der Waals surface area contributed by atoms with E-state index in [-0.39, 0.29) is 0 Å². The summed E-state index contributed by atoms with van der Waals surface area (Å²) in [6.07, 6.45) is 7.86. The van der Waals surface area contributed by atoms with Gasteiger partial charge in [0.15, 0.2) is 0 Å². The highest BCUT2D eigenvalue weighted by atomic mass is 35.5. The van der Waals surface area contributed by atoms with Crippen LogP contribution in [0.2, 0.25) is 0 Å². The van der Waals surface area contributed by atoms with Crippen LogP contribution in [0, 0.1) is 0 Å². The molecule has 0 aromatic carbocycles. The molecule has 0 aromatic rings. The minimum Gasteiger partial charge on any atom is -0.290 e. The average Bonchev–Trinajstić information content (AvgIpc) is 2.16. The summed E-state index contributed by atoms with van der Waals surface area (Å²) in [5.74, 6) is 0. The standard InChI is InChI=1S/C11H24ClN/c1-3-5-7-9-13(11-12)10-8-6-4-2/h3-11H2,1-2H3. The third-order valence-electron chi connectivity index (χ3n) is 2.32. The molecule has 0 aliphatic rings. The van der Waals surface area contributed by atoms with E-state index in [4.69, 9.17) is 11.6 Å². The number of nitrogens with zero attached hydrogens (tertiary/aromatic N) is 1. The first-order valence-electron chi connectivity index (χ1n) is 5.63. The quantitative estimate of drug-likeness (QED) is 0.314. The Morgan fingerprint density at radius 3 is 1.62 bits per heavy atom. The number of hydrogen-bond acceptors (Lipinski definition) is 1. The Morgan fingerprint density at radius 1 is 0.846 bits per heavy atom. The van der Waals surface area contributed by atoms with E-state index in [1.807, 2.05) is 0 Å². The van der Waals surface area contributed by atoms with Crippen molar-refractivity contribution in [1.29, 1.82) is 0 Å². The highest BCUT2D eigenvalue weighted by Crippen LogP contribution is 2.03. The van der Waals surface area contributed by atoms with Gasteiger partial charge >= 0.3 is 0 Å². The number of rotatable bonds is 9. The third kappa shape index (κ3) is 8.58. The summed E-state index contributed by atoms with van der Waals surface area (Å²) in [5.41, 5.74) is 0. The molecule has 13 heavy (non-hydrogen) atoms. The van der Waals surface area contributed by atoms with Crippen molar-refractivity contribution in [2.75, 3.05) is 19.1 Å². The maximum Gasteiger partial charge on any atom is 0.0738 e. The minimum absolute atomic E-state index is 0.702. The molecule has 0 N–H and O–H groups in total. The molecule has 0 spiro atoms. The van der Waals surface area contributed by atoms with Crippen LogP contribution in [-0.4, -0.2) is 24.0 Å². The van der Waals surface area contributed by atoms with Crippen LogP contribution >= 0.6 is 11.6 Å². The fourth-order valence-electron chi connectivity index (χ4n) is 1.40. The van der Waals surface area contributed by atoms with Crippen molar-refractivity contribution in [2.24, 2.45) is 0 Å². The lowest BCUT2D eigenvalue weighted by molar-refractivity contribution is 0.302. The first-order valence-corrected chi connectivity index (χ1v) is 6.16. The van der Waals surface area contributed by atoms with Gasteiger partial charge in [-0.05, 0) is 25.9 Å². The number of hydrogen-bond donors (Lipinski definition) is 0. The second-order valence-electron chi connectivity index (χ2n) is 3.65. The summed E-state index contributed by atoms with van der Waals surface area (Å²) in [6.45, 7) is 6.84. The first kappa shape index (κ1) is 13.2. The van der Waals surface area contributed by atoms with Crippen molar-refractivity contribution < 1.29 is 0 Å². The molecule has 0 rings (SSSR count). The van der Waals surface area contributed by atoms with Crippen molar-refractivity contribution in [1.82, 2.24) is 4.90 Å². The predicted molar refractivity (Wildman–Crippen MR) is 61.3 cm³/mol. The van der Waals surface area contributed by atoms with Crippen LogP contribution < -0.4 is 0 Å². The van der Waals surface area contributed by atoms with Gasteiger partial charge < -0.3 is 0 Å². The molecule has 2 heteroatoms. The fourth-order valence-corrected chi connectivity index (χ4v) is 1.64. The van der Waals surface area contributed by atoms with E-state index >= 15 is 0 Å². The van der Waals surface area contributed by atoms with Crippen LogP contribution in [0.4, 0.5) is 0 Å². The molecule has 0 aromatic heterocycles. The Kier molecular flexibility index (Phi) is 10.5. The zero-order valence-corrected chi connectivity index (χ0v) is 9.95. The lowest BCUT2D eigenvalue weighted by atomic mass is 10.2. The topological polar surface area (TPSA) is 3.24 Å². The monoisotopic (exact) mass is 205 g/mol. The zero-order chi connectivity index (χ0) is 9.94. The van der Waals surface area contributed by atoms with Gasteiger partial charge in [-0.3, -0.25) is 4.90 Å². The third-order valence-corrected chi connectivity index (χ3v) is 2.66. The summed E-state index contributed by atoms with van der Waals surface area (Å²) in [5, 5.41) is 0. The lowest BCUT2D eigenvalue weighted by Crippen LogP contribution is -2.24. The molecule has 0 bridgehead atoms. The number of unbranched alkanes of at least 4 members (excludes halogenated alkanes) is 4. The second-order valence-corrected chi connectivity index (χ2v) is 3.89. The van der Waals surface area contributed by atoms with E-state index in [0.29, 0.717) is 6.00 Å². The highest BCUT2D eigenvalue weighted by molar-refractivity contribution is 6.17. The molecule has 0 saturated heterocycles. The Morgan fingerprint density at radius 2 is 1.31 bits per heavy atom. The molecule has 0 atom stereocenters. The maximum absolute atomic E-state index is 5.85. The van der Waals surface area contributed by atoms with Crippen LogP contribution in [0.15, 0.2) is 0 Å². The van der Waals surface area contributed by atoms with Gasteiger partial charge in [0, 0.05) is 0 Å². The molecule has 1 nitrogen and oxygen atoms in total. The van der Waals surface area contributed by atoms with Crippen molar-refractivity contribution >= 4 is 11.6 Å². The van der Waals surface area contributed by atoms with E-state index in [1.54, 1.807) is 0 Å². The van der Waals surface area contributed by atoms with Crippen molar-refractivity contribution in [3.8, 4) is 0 Å². The van der Waals surface area contributed by atoms with Crippen molar-refractivity contribution in [2.45, 2.75) is 52.4 Å². The summed E-state index contributed by atoms with van der Waals surface area (Å²) in [7, 11) is 0. The van der Waals surface area contributed by atoms with Crippen LogP contribution in [0.25, 0.3) is 0 Å². The van der Waals surface area contributed by atoms with Gasteiger partial charge in [0.25, 0.3) is 0 Å². The largest absolute Gasteiger partial charge is 0.290 e. The Balaban J connectivity index is 3.28. The molecular formula is C11H24ClN. The molecule has 0 aliphatic heterocycles. The molecule has 0 fully saturated rings. The van der Waals surface area contributed by atoms with Gasteiger partial charge in [0.2, 0.25) is 0 Å². The second kappa shape index (κ2) is 10.3. The average molecular weight is 206 g/mol. The minimum atomic E-state index is 0.702. The SMILES string of the molecule is CCCCCN(CCl)CCCCC. The number of halogens is 1. The van der Waals surface area contributed by atoms with Crippen LogP contribution in [0.3, 0.4) is 0 Å². The molecule has 80 valence electrons. The summed E-state index contributed by atoms with van der Waals surface area (Å²) in [6, 6.07) is 0.702. The Bertz CT molecular complexity index is 86.1. The fraction of sp³-hybridized carbons (Fsp3) is 1.00. The summed E-state index contributed by atoms with van der Waals surface area (Å²) in [4.78, 5) is 2.35. The first-order chi connectivity index (χ1) is 6.35. The van der Waals surface area contributed by atoms with Gasteiger partial charge in [-0.15, -0.1) is 11.6 Å². The van der Waals surface area contributed by atoms with Crippen LogP contribution in [0.1, 0.15) is 52.4 Å². The molecule has 0 aliphatic carbocycles. The maximum atomic E-state index is 5.85. The molecule has 0 amide bonds. The molecular weight excluding hydrogens is 182 g/mol. The van der Waals surface area contributed by atoms with Gasteiger partial charge in [-0.1, -0.05) is 39.5 Å². The highest BCUT2D eigenvalue weighted by Gasteiger charge is 2.01. The lowest BCUT2D eigenvalue weighted by Gasteiger charge is -2.18. The normalized spacial score (nSPS) is 11.1. The smallest absolute Gasteiger partial charge is 0.0738 e. The van der Waals surface area contributed by atoms with Gasteiger partial charge in [0.1, 0.15) is 0 Å². The van der Waals surface area contributed by atoms with Gasteiger partial charge in [-0.2, -0.15) is 0 Å². The molecule has 0 saturated carbocycles. The van der Waals surface area contributed by atoms with Gasteiger partial charge in [-0.25, -0.2) is 0 Å². The Hall–Kier alpha value is 0.250. The van der Waals surface area contributed by atoms with Crippen LogP contribution in [-0.2, 0) is 0 Å². The van der Waals surface area contributed by atoms with E-state index in [1.165, 1.54) is 51.6 Å². The number of alkyl halides is 1. The summed E-state index contributed by atoms with van der Waals surface area (Å²) >= 11 is 5.85. The van der Waals surface area contributed by atoms with Crippen LogP contribution in [0.5, 0.6) is 0 Å². The van der Waals surface area contributed by atoms with Crippen molar-refractivity contribution in [3.05, 3.63) is 0 Å². The predicted octanol–water partition coefficient (Wildman–Crippen LogP) is 3.87. The molecule has 0 heterocycles. The van der Waals surface area contributed by atoms with E-state index in [9.17, 15) is 0 Å². The van der Waals surface area contributed by atoms with Crippen molar-refractivity contribution in [3.63, 3.8) is 0 Å². The Labute approximate surface area is 88.5 Å².